The first kappa shape index (κ1) is 12.1. The second-order valence-corrected chi connectivity index (χ2v) is 4.28. The molecule has 0 bridgehead atoms. The number of aromatic amines is 1. The highest BCUT2D eigenvalue weighted by Crippen LogP contribution is 2.21. The van der Waals surface area contributed by atoms with Gasteiger partial charge in [0.25, 0.3) is 0 Å². The fourth-order valence-electron chi connectivity index (χ4n) is 2.16. The lowest BCUT2D eigenvalue weighted by Crippen LogP contribution is -2.11. The number of hydrogen-bond donors (Lipinski definition) is 2. The van der Waals surface area contributed by atoms with Gasteiger partial charge in [0.15, 0.2) is 11.5 Å². The van der Waals surface area contributed by atoms with E-state index in [9.17, 15) is 9.59 Å². The molecular formula is C15H10N2O3. The maximum absolute atomic E-state index is 12.5. The minimum atomic E-state index is -1.21. The molecule has 0 amide bonds. The summed E-state index contributed by atoms with van der Waals surface area (Å²) in [5.74, 6) is -1.57. The highest BCUT2D eigenvalue weighted by atomic mass is 16.4. The van der Waals surface area contributed by atoms with Crippen LogP contribution in [0.3, 0.4) is 0 Å². The number of carbonyl (C=O) groups excluding carboxylic acids is 1. The number of hydrogen-bond acceptors (Lipinski definition) is 3. The van der Waals surface area contributed by atoms with Crippen LogP contribution in [0.25, 0.3) is 10.9 Å². The fourth-order valence-corrected chi connectivity index (χ4v) is 2.16. The molecule has 0 spiro atoms. The number of rotatable bonds is 3. The molecule has 2 N–H and O–H groups in total. The Morgan fingerprint density at radius 2 is 1.85 bits per heavy atom. The second-order valence-electron chi connectivity index (χ2n) is 4.28. The van der Waals surface area contributed by atoms with Gasteiger partial charge in [0.05, 0.1) is 5.56 Å². The van der Waals surface area contributed by atoms with Crippen LogP contribution in [0.2, 0.25) is 0 Å². The zero-order valence-corrected chi connectivity index (χ0v) is 10.3. The van der Waals surface area contributed by atoms with Gasteiger partial charge in [-0.1, -0.05) is 18.2 Å². The van der Waals surface area contributed by atoms with Gasteiger partial charge in [-0.3, -0.25) is 4.79 Å². The summed E-state index contributed by atoms with van der Waals surface area (Å²) in [5.41, 5.74) is 1.13. The van der Waals surface area contributed by atoms with Gasteiger partial charge in [0.2, 0.25) is 0 Å². The molecule has 20 heavy (non-hydrogen) atoms. The largest absolute Gasteiger partial charge is 0.476 e. The van der Waals surface area contributed by atoms with Crippen LogP contribution >= 0.6 is 0 Å². The molecule has 98 valence electrons. The van der Waals surface area contributed by atoms with Crippen LogP contribution in [0.5, 0.6) is 0 Å². The Bertz CT molecular complexity index is 821. The van der Waals surface area contributed by atoms with Crippen molar-refractivity contribution in [3.8, 4) is 0 Å². The molecule has 5 nitrogen and oxygen atoms in total. The van der Waals surface area contributed by atoms with Crippen LogP contribution < -0.4 is 0 Å². The van der Waals surface area contributed by atoms with E-state index in [1.165, 1.54) is 12.3 Å². The van der Waals surface area contributed by atoms with Gasteiger partial charge in [-0.05, 0) is 18.2 Å². The van der Waals surface area contributed by atoms with Crippen LogP contribution in [-0.4, -0.2) is 26.8 Å². The summed E-state index contributed by atoms with van der Waals surface area (Å²) in [4.78, 5) is 30.4. The summed E-state index contributed by atoms with van der Waals surface area (Å²) in [7, 11) is 0. The Morgan fingerprint density at radius 3 is 2.65 bits per heavy atom. The van der Waals surface area contributed by atoms with E-state index in [0.29, 0.717) is 5.56 Å². The lowest BCUT2D eigenvalue weighted by atomic mass is 10.0. The van der Waals surface area contributed by atoms with Crippen molar-refractivity contribution in [1.29, 1.82) is 0 Å². The molecule has 0 atom stereocenters. The van der Waals surface area contributed by atoms with Gasteiger partial charge in [-0.15, -0.1) is 0 Å². The minimum Gasteiger partial charge on any atom is -0.476 e. The van der Waals surface area contributed by atoms with Crippen LogP contribution in [0.15, 0.2) is 48.8 Å². The molecule has 3 aromatic rings. The molecule has 2 heterocycles. The van der Waals surface area contributed by atoms with Crippen LogP contribution in [0.4, 0.5) is 0 Å². The van der Waals surface area contributed by atoms with Crippen LogP contribution in [0, 0.1) is 0 Å². The summed E-state index contributed by atoms with van der Waals surface area (Å²) in [5, 5.41) is 9.86. The van der Waals surface area contributed by atoms with E-state index < -0.39 is 5.97 Å². The molecule has 3 rings (SSSR count). The smallest absolute Gasteiger partial charge is 0.355 e. The third kappa shape index (κ3) is 1.85. The Morgan fingerprint density at radius 1 is 1.05 bits per heavy atom. The molecule has 0 fully saturated rings. The molecule has 0 saturated heterocycles. The van der Waals surface area contributed by atoms with Gasteiger partial charge in [0.1, 0.15) is 0 Å². The number of aromatic carboxylic acids is 1. The maximum Gasteiger partial charge on any atom is 0.355 e. The zero-order valence-electron chi connectivity index (χ0n) is 10.3. The van der Waals surface area contributed by atoms with Gasteiger partial charge in [-0.2, -0.15) is 0 Å². The average molecular weight is 266 g/mol. The fraction of sp³-hybridized carbons (Fsp3) is 0. The monoisotopic (exact) mass is 266 g/mol. The van der Waals surface area contributed by atoms with Gasteiger partial charge >= 0.3 is 5.97 Å². The van der Waals surface area contributed by atoms with Gasteiger partial charge in [-0.25, -0.2) is 9.78 Å². The molecular weight excluding hydrogens is 256 g/mol. The van der Waals surface area contributed by atoms with Crippen molar-refractivity contribution in [2.24, 2.45) is 0 Å². The lowest BCUT2D eigenvalue weighted by molar-refractivity contribution is 0.0686. The number of carboxylic acids is 1. The van der Waals surface area contributed by atoms with E-state index in [2.05, 4.69) is 9.97 Å². The Balaban J connectivity index is 2.16. The zero-order chi connectivity index (χ0) is 14.1. The third-order valence-electron chi connectivity index (χ3n) is 3.09. The highest BCUT2D eigenvalue weighted by Gasteiger charge is 2.20. The quantitative estimate of drug-likeness (QED) is 0.713. The third-order valence-corrected chi connectivity index (χ3v) is 3.09. The Hall–Kier alpha value is -2.95. The number of aromatic nitrogens is 2. The van der Waals surface area contributed by atoms with Crippen LogP contribution in [-0.2, 0) is 0 Å². The summed E-state index contributed by atoms with van der Waals surface area (Å²) >= 11 is 0. The van der Waals surface area contributed by atoms with E-state index in [1.54, 1.807) is 12.3 Å². The lowest BCUT2D eigenvalue weighted by Gasteiger charge is -2.03. The molecule has 2 aromatic heterocycles. The number of nitrogens with zero attached hydrogens (tertiary/aromatic N) is 1. The van der Waals surface area contributed by atoms with Crippen molar-refractivity contribution in [3.05, 3.63) is 65.6 Å². The SMILES string of the molecule is O=C(O)c1ncccc1C(=O)c1c[nH]c2ccccc12. The number of nitrogens with one attached hydrogen (secondary N) is 1. The predicted octanol–water partition coefficient (Wildman–Crippen LogP) is 2.49. The Kier molecular flexibility index (Phi) is 2.80. The summed E-state index contributed by atoms with van der Waals surface area (Å²) in [6.45, 7) is 0. The molecule has 0 aliphatic rings. The molecule has 5 heteroatoms. The number of para-hydroxylation sites is 1. The summed E-state index contributed by atoms with van der Waals surface area (Å²) < 4.78 is 0. The molecule has 0 radical (unpaired) electrons. The highest BCUT2D eigenvalue weighted by molar-refractivity contribution is 6.19. The van der Waals surface area contributed by atoms with Crippen molar-refractivity contribution >= 4 is 22.7 Å². The summed E-state index contributed by atoms with van der Waals surface area (Å²) in [6.07, 6.45) is 2.95. The first-order valence-electron chi connectivity index (χ1n) is 5.97. The van der Waals surface area contributed by atoms with Crippen molar-refractivity contribution in [2.45, 2.75) is 0 Å². The van der Waals surface area contributed by atoms with Crippen molar-refractivity contribution < 1.29 is 14.7 Å². The second kappa shape index (κ2) is 4.62. The predicted molar refractivity (Wildman–Crippen MR) is 72.9 cm³/mol. The Labute approximate surface area is 113 Å². The van der Waals surface area contributed by atoms with Crippen molar-refractivity contribution in [3.63, 3.8) is 0 Å². The molecule has 0 aliphatic carbocycles. The summed E-state index contributed by atoms with van der Waals surface area (Å²) in [6, 6.07) is 10.4. The maximum atomic E-state index is 12.5. The van der Waals surface area contributed by atoms with Crippen LogP contribution in [0.1, 0.15) is 26.4 Å². The van der Waals surface area contributed by atoms with Gasteiger partial charge < -0.3 is 10.1 Å². The van der Waals surface area contributed by atoms with E-state index >= 15 is 0 Å². The average Bonchev–Trinajstić information content (AvgIpc) is 2.90. The topological polar surface area (TPSA) is 83.0 Å². The molecule has 0 saturated carbocycles. The van der Waals surface area contributed by atoms with Crippen molar-refractivity contribution in [2.75, 3.05) is 0 Å². The molecule has 1 aromatic carbocycles. The van der Waals surface area contributed by atoms with E-state index in [4.69, 9.17) is 5.11 Å². The van der Waals surface area contributed by atoms with E-state index in [1.807, 2.05) is 24.3 Å². The normalized spacial score (nSPS) is 10.6. The number of carboxylic acid groups (broad SMARTS) is 1. The minimum absolute atomic E-state index is 0.0877. The first-order valence-corrected chi connectivity index (χ1v) is 5.97. The van der Waals surface area contributed by atoms with E-state index in [-0.39, 0.29) is 17.0 Å². The van der Waals surface area contributed by atoms with E-state index in [0.717, 1.165) is 10.9 Å². The number of pyridine rings is 1. The number of benzene rings is 1. The number of ketones is 1. The number of carbonyl (C=O) groups is 2. The molecule has 0 unspecified atom stereocenters. The molecule has 0 aliphatic heterocycles. The standard InChI is InChI=1S/C15H10N2O3/c18-14(10-5-3-7-16-13(10)15(19)20)11-8-17-12-6-2-1-4-9(11)12/h1-8,17H,(H,19,20). The van der Waals surface area contributed by atoms with Gasteiger partial charge in [0, 0.05) is 28.9 Å². The number of fused-ring (bicyclic) bond motifs is 1. The number of H-pyrrole nitrogens is 1. The van der Waals surface area contributed by atoms with Crippen molar-refractivity contribution in [1.82, 2.24) is 9.97 Å². The first-order chi connectivity index (χ1) is 9.68.